The summed E-state index contributed by atoms with van der Waals surface area (Å²) in [6.07, 6.45) is 0. The molecule has 2 nitrogen and oxygen atoms in total. The molecule has 0 aromatic heterocycles. The number of nitrogens with one attached hydrogen (secondary N) is 1. The van der Waals surface area contributed by atoms with Crippen LogP contribution >= 0.6 is 0 Å². The van der Waals surface area contributed by atoms with Crippen molar-refractivity contribution in [2.75, 3.05) is 19.6 Å². The van der Waals surface area contributed by atoms with Crippen LogP contribution in [0, 0.1) is 0 Å². The molecule has 0 aliphatic carbocycles. The standard InChI is InChI=1S/C18H22N2/c1-2-20(18-12-19-13-18)14-15-8-10-17(11-9-15)16-6-4-3-5-7-16/h3-11,18-19H,2,12-14H2,1H3. The maximum Gasteiger partial charge on any atom is 0.0348 e. The summed E-state index contributed by atoms with van der Waals surface area (Å²) in [6, 6.07) is 20.3. The van der Waals surface area contributed by atoms with Crippen molar-refractivity contribution < 1.29 is 0 Å². The highest BCUT2D eigenvalue weighted by molar-refractivity contribution is 5.63. The van der Waals surface area contributed by atoms with Gasteiger partial charge in [0.25, 0.3) is 0 Å². The Morgan fingerprint density at radius 2 is 1.60 bits per heavy atom. The van der Waals surface area contributed by atoms with Gasteiger partial charge in [0.05, 0.1) is 0 Å². The van der Waals surface area contributed by atoms with Gasteiger partial charge in [-0.05, 0) is 23.2 Å². The summed E-state index contributed by atoms with van der Waals surface area (Å²) in [4.78, 5) is 2.55. The zero-order valence-electron chi connectivity index (χ0n) is 12.0. The topological polar surface area (TPSA) is 15.3 Å². The Hall–Kier alpha value is -1.64. The predicted octanol–water partition coefficient (Wildman–Crippen LogP) is 3.15. The summed E-state index contributed by atoms with van der Waals surface area (Å²) in [6.45, 7) is 6.69. The summed E-state index contributed by atoms with van der Waals surface area (Å²) < 4.78 is 0. The molecule has 1 aliphatic rings. The Bertz CT molecular complexity index is 529. The number of benzene rings is 2. The molecule has 2 aromatic rings. The molecule has 0 bridgehead atoms. The molecular formula is C18H22N2. The molecule has 20 heavy (non-hydrogen) atoms. The van der Waals surface area contributed by atoms with E-state index in [0.29, 0.717) is 6.04 Å². The minimum Gasteiger partial charge on any atom is -0.314 e. The van der Waals surface area contributed by atoms with Crippen molar-refractivity contribution in [3.05, 3.63) is 60.2 Å². The Balaban J connectivity index is 1.69. The molecule has 1 fully saturated rings. The fourth-order valence-corrected chi connectivity index (χ4v) is 2.70. The highest BCUT2D eigenvalue weighted by Crippen LogP contribution is 2.20. The molecule has 1 saturated heterocycles. The number of likely N-dealkylation sites (N-methyl/N-ethyl adjacent to an activating group) is 1. The fraction of sp³-hybridized carbons (Fsp3) is 0.333. The van der Waals surface area contributed by atoms with E-state index in [4.69, 9.17) is 0 Å². The van der Waals surface area contributed by atoms with Crippen LogP contribution in [-0.4, -0.2) is 30.6 Å². The van der Waals surface area contributed by atoms with Crippen molar-refractivity contribution in [3.8, 4) is 11.1 Å². The number of nitrogens with zero attached hydrogens (tertiary/aromatic N) is 1. The number of rotatable bonds is 5. The zero-order valence-corrected chi connectivity index (χ0v) is 12.0. The van der Waals surface area contributed by atoms with Gasteiger partial charge in [0.1, 0.15) is 0 Å². The van der Waals surface area contributed by atoms with Crippen LogP contribution in [0.15, 0.2) is 54.6 Å². The van der Waals surface area contributed by atoms with Crippen LogP contribution < -0.4 is 5.32 Å². The van der Waals surface area contributed by atoms with Gasteiger partial charge in [0.2, 0.25) is 0 Å². The van der Waals surface area contributed by atoms with E-state index >= 15 is 0 Å². The lowest BCUT2D eigenvalue weighted by molar-refractivity contribution is 0.145. The van der Waals surface area contributed by atoms with Crippen molar-refractivity contribution in [2.24, 2.45) is 0 Å². The third-order valence-electron chi connectivity index (χ3n) is 4.13. The summed E-state index contributed by atoms with van der Waals surface area (Å²) in [7, 11) is 0. The minimum atomic E-state index is 0.716. The van der Waals surface area contributed by atoms with E-state index in [2.05, 4.69) is 71.7 Å². The lowest BCUT2D eigenvalue weighted by Crippen LogP contribution is -2.56. The molecule has 1 heterocycles. The van der Waals surface area contributed by atoms with Gasteiger partial charge in [-0.1, -0.05) is 61.5 Å². The molecule has 1 aliphatic heterocycles. The van der Waals surface area contributed by atoms with Crippen LogP contribution in [-0.2, 0) is 6.54 Å². The fourth-order valence-electron chi connectivity index (χ4n) is 2.70. The van der Waals surface area contributed by atoms with Crippen molar-refractivity contribution in [2.45, 2.75) is 19.5 Å². The van der Waals surface area contributed by atoms with E-state index in [1.165, 1.54) is 16.7 Å². The summed E-state index contributed by atoms with van der Waals surface area (Å²) in [5.74, 6) is 0. The summed E-state index contributed by atoms with van der Waals surface area (Å²) in [5, 5.41) is 3.35. The Labute approximate surface area is 121 Å². The van der Waals surface area contributed by atoms with Gasteiger partial charge in [-0.25, -0.2) is 0 Å². The minimum absolute atomic E-state index is 0.716. The van der Waals surface area contributed by atoms with Crippen LogP contribution in [0.1, 0.15) is 12.5 Å². The lowest BCUT2D eigenvalue weighted by atomic mass is 10.0. The second kappa shape index (κ2) is 6.21. The molecule has 0 spiro atoms. The zero-order chi connectivity index (χ0) is 13.8. The Morgan fingerprint density at radius 1 is 0.950 bits per heavy atom. The monoisotopic (exact) mass is 266 g/mol. The van der Waals surface area contributed by atoms with Gasteiger partial charge in [-0.2, -0.15) is 0 Å². The van der Waals surface area contributed by atoms with Gasteiger partial charge in [-0.15, -0.1) is 0 Å². The van der Waals surface area contributed by atoms with Gasteiger partial charge in [0.15, 0.2) is 0 Å². The van der Waals surface area contributed by atoms with E-state index in [1.807, 2.05) is 0 Å². The van der Waals surface area contributed by atoms with Gasteiger partial charge >= 0.3 is 0 Å². The summed E-state index contributed by atoms with van der Waals surface area (Å²) >= 11 is 0. The van der Waals surface area contributed by atoms with E-state index in [0.717, 1.165) is 26.2 Å². The van der Waals surface area contributed by atoms with Gasteiger partial charge in [0, 0.05) is 25.7 Å². The molecule has 0 saturated carbocycles. The third-order valence-corrected chi connectivity index (χ3v) is 4.13. The first kappa shape index (κ1) is 13.3. The maximum absolute atomic E-state index is 3.35. The third kappa shape index (κ3) is 2.92. The lowest BCUT2D eigenvalue weighted by Gasteiger charge is -2.37. The first-order chi connectivity index (χ1) is 9.86. The SMILES string of the molecule is CCN(Cc1ccc(-c2ccccc2)cc1)C1CNC1. The average Bonchev–Trinajstić information content (AvgIpc) is 2.46. The summed E-state index contributed by atoms with van der Waals surface area (Å²) in [5.41, 5.74) is 3.98. The molecule has 0 unspecified atom stereocenters. The molecular weight excluding hydrogens is 244 g/mol. The van der Waals surface area contributed by atoms with E-state index in [1.54, 1.807) is 0 Å². The molecule has 0 radical (unpaired) electrons. The van der Waals surface area contributed by atoms with Crippen LogP contribution in [0.5, 0.6) is 0 Å². The molecule has 2 heteroatoms. The van der Waals surface area contributed by atoms with Crippen LogP contribution in [0.3, 0.4) is 0 Å². The Morgan fingerprint density at radius 3 is 2.15 bits per heavy atom. The second-order valence-electron chi connectivity index (χ2n) is 5.44. The van der Waals surface area contributed by atoms with Gasteiger partial charge in [-0.3, -0.25) is 4.90 Å². The quantitative estimate of drug-likeness (QED) is 0.894. The normalized spacial score (nSPS) is 15.3. The van der Waals surface area contributed by atoms with Gasteiger partial charge < -0.3 is 5.32 Å². The van der Waals surface area contributed by atoms with Crippen molar-refractivity contribution in [1.29, 1.82) is 0 Å². The van der Waals surface area contributed by atoms with Crippen LogP contribution in [0.4, 0.5) is 0 Å². The number of hydrogen-bond donors (Lipinski definition) is 1. The highest BCUT2D eigenvalue weighted by Gasteiger charge is 2.22. The van der Waals surface area contributed by atoms with Crippen molar-refractivity contribution in [3.63, 3.8) is 0 Å². The molecule has 2 aromatic carbocycles. The van der Waals surface area contributed by atoms with Crippen LogP contribution in [0.2, 0.25) is 0 Å². The number of hydrogen-bond acceptors (Lipinski definition) is 2. The second-order valence-corrected chi connectivity index (χ2v) is 5.44. The smallest absolute Gasteiger partial charge is 0.0348 e. The first-order valence-electron chi connectivity index (χ1n) is 7.46. The average molecular weight is 266 g/mol. The largest absolute Gasteiger partial charge is 0.314 e. The maximum atomic E-state index is 3.35. The first-order valence-corrected chi connectivity index (χ1v) is 7.46. The van der Waals surface area contributed by atoms with E-state index in [-0.39, 0.29) is 0 Å². The highest BCUT2D eigenvalue weighted by atomic mass is 15.2. The Kier molecular flexibility index (Phi) is 4.14. The molecule has 104 valence electrons. The van der Waals surface area contributed by atoms with Crippen molar-refractivity contribution >= 4 is 0 Å². The molecule has 3 rings (SSSR count). The van der Waals surface area contributed by atoms with E-state index in [9.17, 15) is 0 Å². The van der Waals surface area contributed by atoms with E-state index < -0.39 is 0 Å². The van der Waals surface area contributed by atoms with Crippen molar-refractivity contribution in [1.82, 2.24) is 10.2 Å². The predicted molar refractivity (Wildman–Crippen MR) is 84.6 cm³/mol. The molecule has 1 N–H and O–H groups in total. The molecule has 0 amide bonds. The molecule has 0 atom stereocenters. The van der Waals surface area contributed by atoms with Crippen LogP contribution in [0.25, 0.3) is 11.1 Å².